The monoisotopic (exact) mass is 348 g/mol. The molecule has 0 aliphatic rings. The van der Waals surface area contributed by atoms with Crippen LogP contribution < -0.4 is 10.1 Å². The maximum atomic E-state index is 12.1. The van der Waals surface area contributed by atoms with E-state index in [0.717, 1.165) is 9.87 Å². The molecular formula is C17H20N2O4S. The zero-order valence-corrected chi connectivity index (χ0v) is 14.6. The van der Waals surface area contributed by atoms with Crippen LogP contribution in [0, 0.1) is 6.92 Å². The molecule has 0 fully saturated rings. The molecule has 0 aliphatic carbocycles. The Morgan fingerprint density at radius 1 is 1.12 bits per heavy atom. The fraction of sp³-hybridized carbons (Fsp3) is 0.235. The van der Waals surface area contributed by atoms with E-state index in [1.165, 1.54) is 26.2 Å². The zero-order chi connectivity index (χ0) is 17.7. The standard InChI is InChI=1S/C17H20N2O4S/c1-13-7-4-5-10-16(13)23-12-17(20)18-14-8-6-9-15(11-14)24(21,22)19(2)3/h4-11H,12H2,1-3H3,(H,18,20). The molecule has 0 aromatic heterocycles. The fourth-order valence-electron chi connectivity index (χ4n) is 2.00. The van der Waals surface area contributed by atoms with Gasteiger partial charge in [0.25, 0.3) is 5.91 Å². The first-order chi connectivity index (χ1) is 11.3. The number of amides is 1. The van der Waals surface area contributed by atoms with Gasteiger partial charge in [-0.1, -0.05) is 24.3 Å². The minimum Gasteiger partial charge on any atom is -0.483 e. The number of nitrogens with zero attached hydrogens (tertiary/aromatic N) is 1. The SMILES string of the molecule is Cc1ccccc1OCC(=O)Nc1cccc(S(=O)(=O)N(C)C)c1. The number of hydrogen-bond donors (Lipinski definition) is 1. The highest BCUT2D eigenvalue weighted by Gasteiger charge is 2.17. The number of anilines is 1. The van der Waals surface area contributed by atoms with Gasteiger partial charge in [-0.2, -0.15) is 0 Å². The molecular weight excluding hydrogens is 328 g/mol. The molecule has 1 amide bonds. The van der Waals surface area contributed by atoms with Crippen LogP contribution in [0.3, 0.4) is 0 Å². The molecule has 24 heavy (non-hydrogen) atoms. The first kappa shape index (κ1) is 18.0. The number of ether oxygens (including phenoxy) is 1. The van der Waals surface area contributed by atoms with E-state index >= 15 is 0 Å². The van der Waals surface area contributed by atoms with E-state index in [0.29, 0.717) is 11.4 Å². The van der Waals surface area contributed by atoms with Gasteiger partial charge in [0.1, 0.15) is 5.75 Å². The molecule has 2 rings (SSSR count). The highest BCUT2D eigenvalue weighted by Crippen LogP contribution is 2.19. The summed E-state index contributed by atoms with van der Waals surface area (Å²) in [6, 6.07) is 13.5. The largest absolute Gasteiger partial charge is 0.483 e. The van der Waals surface area contributed by atoms with E-state index in [9.17, 15) is 13.2 Å². The Morgan fingerprint density at radius 3 is 2.50 bits per heavy atom. The van der Waals surface area contributed by atoms with Crippen LogP contribution in [0.2, 0.25) is 0 Å². The summed E-state index contributed by atoms with van der Waals surface area (Å²) in [5.74, 6) is 0.272. The topological polar surface area (TPSA) is 75.7 Å². The number of aryl methyl sites for hydroxylation is 1. The molecule has 1 N–H and O–H groups in total. The predicted molar refractivity (Wildman–Crippen MR) is 92.6 cm³/mol. The van der Waals surface area contributed by atoms with Gasteiger partial charge >= 0.3 is 0 Å². The average molecular weight is 348 g/mol. The van der Waals surface area contributed by atoms with E-state index in [4.69, 9.17) is 4.74 Å². The van der Waals surface area contributed by atoms with E-state index < -0.39 is 10.0 Å². The summed E-state index contributed by atoms with van der Waals surface area (Å²) >= 11 is 0. The number of para-hydroxylation sites is 1. The molecule has 0 heterocycles. The number of nitrogens with one attached hydrogen (secondary N) is 1. The van der Waals surface area contributed by atoms with Crippen molar-refractivity contribution >= 4 is 21.6 Å². The summed E-state index contributed by atoms with van der Waals surface area (Å²) in [6.07, 6.45) is 0. The first-order valence-electron chi connectivity index (χ1n) is 7.31. The molecule has 0 radical (unpaired) electrons. The van der Waals surface area contributed by atoms with E-state index in [1.54, 1.807) is 18.2 Å². The van der Waals surface area contributed by atoms with Gasteiger partial charge in [-0.3, -0.25) is 4.79 Å². The molecule has 6 nitrogen and oxygen atoms in total. The summed E-state index contributed by atoms with van der Waals surface area (Å²) in [4.78, 5) is 12.1. The van der Waals surface area contributed by atoms with Crippen LogP contribution in [0.25, 0.3) is 0 Å². The highest BCUT2D eigenvalue weighted by atomic mass is 32.2. The van der Waals surface area contributed by atoms with Gasteiger partial charge in [0.2, 0.25) is 10.0 Å². The van der Waals surface area contributed by atoms with Crippen molar-refractivity contribution in [3.63, 3.8) is 0 Å². The van der Waals surface area contributed by atoms with Crippen molar-refractivity contribution < 1.29 is 17.9 Å². The molecule has 2 aromatic rings. The molecule has 0 saturated carbocycles. The smallest absolute Gasteiger partial charge is 0.262 e. The molecule has 0 saturated heterocycles. The Kier molecular flexibility index (Phi) is 5.58. The summed E-state index contributed by atoms with van der Waals surface area (Å²) in [7, 11) is -0.635. The Labute approximate surface area is 142 Å². The molecule has 7 heteroatoms. The lowest BCUT2D eigenvalue weighted by atomic mass is 10.2. The number of carbonyl (C=O) groups is 1. The molecule has 0 spiro atoms. The Balaban J connectivity index is 2.04. The van der Waals surface area contributed by atoms with Crippen LogP contribution in [-0.2, 0) is 14.8 Å². The number of benzene rings is 2. The number of hydrogen-bond acceptors (Lipinski definition) is 4. The van der Waals surface area contributed by atoms with Crippen molar-refractivity contribution in [2.45, 2.75) is 11.8 Å². The van der Waals surface area contributed by atoms with Gasteiger partial charge in [-0.15, -0.1) is 0 Å². The van der Waals surface area contributed by atoms with Crippen molar-refractivity contribution in [3.8, 4) is 5.75 Å². The van der Waals surface area contributed by atoms with Crippen molar-refractivity contribution in [3.05, 3.63) is 54.1 Å². The minimum atomic E-state index is -3.55. The molecule has 0 bridgehead atoms. The summed E-state index contributed by atoms with van der Waals surface area (Å²) in [5.41, 5.74) is 1.33. The van der Waals surface area contributed by atoms with Gasteiger partial charge in [0.15, 0.2) is 6.61 Å². The second-order valence-corrected chi connectivity index (χ2v) is 7.57. The molecule has 0 aliphatic heterocycles. The van der Waals surface area contributed by atoms with Crippen LogP contribution >= 0.6 is 0 Å². The van der Waals surface area contributed by atoms with Crippen molar-refractivity contribution in [1.29, 1.82) is 0 Å². The van der Waals surface area contributed by atoms with Crippen LogP contribution in [0.4, 0.5) is 5.69 Å². The van der Waals surface area contributed by atoms with Gasteiger partial charge < -0.3 is 10.1 Å². The fourth-order valence-corrected chi connectivity index (χ4v) is 2.95. The van der Waals surface area contributed by atoms with E-state index in [2.05, 4.69) is 5.32 Å². The number of carbonyl (C=O) groups excluding carboxylic acids is 1. The Bertz CT molecular complexity index is 832. The second kappa shape index (κ2) is 7.46. The van der Waals surface area contributed by atoms with E-state index in [1.807, 2.05) is 25.1 Å². The van der Waals surface area contributed by atoms with Crippen molar-refractivity contribution in [2.75, 3.05) is 26.0 Å². The molecule has 0 unspecified atom stereocenters. The van der Waals surface area contributed by atoms with Gasteiger partial charge in [-0.05, 0) is 36.8 Å². The van der Waals surface area contributed by atoms with Crippen molar-refractivity contribution in [1.82, 2.24) is 4.31 Å². The minimum absolute atomic E-state index is 0.116. The number of sulfonamides is 1. The van der Waals surface area contributed by atoms with E-state index in [-0.39, 0.29) is 17.4 Å². The molecule has 2 aromatic carbocycles. The third-order valence-electron chi connectivity index (χ3n) is 3.35. The quantitative estimate of drug-likeness (QED) is 0.869. The summed E-state index contributed by atoms with van der Waals surface area (Å²) < 4.78 is 30.8. The third kappa shape index (κ3) is 4.33. The summed E-state index contributed by atoms with van der Waals surface area (Å²) in [6.45, 7) is 1.73. The normalized spacial score (nSPS) is 11.3. The highest BCUT2D eigenvalue weighted by molar-refractivity contribution is 7.89. The predicted octanol–water partition coefficient (Wildman–Crippen LogP) is 2.26. The van der Waals surface area contributed by atoms with Crippen LogP contribution in [0.5, 0.6) is 5.75 Å². The molecule has 128 valence electrons. The van der Waals surface area contributed by atoms with Gasteiger partial charge in [-0.25, -0.2) is 12.7 Å². The van der Waals surface area contributed by atoms with Gasteiger partial charge in [0, 0.05) is 19.8 Å². The Hall–Kier alpha value is -2.38. The zero-order valence-electron chi connectivity index (χ0n) is 13.8. The first-order valence-corrected chi connectivity index (χ1v) is 8.75. The average Bonchev–Trinajstić information content (AvgIpc) is 2.54. The van der Waals surface area contributed by atoms with Gasteiger partial charge in [0.05, 0.1) is 4.90 Å². The molecule has 0 atom stereocenters. The Morgan fingerprint density at radius 2 is 1.83 bits per heavy atom. The third-order valence-corrected chi connectivity index (χ3v) is 5.16. The van der Waals surface area contributed by atoms with Crippen LogP contribution in [0.15, 0.2) is 53.4 Å². The maximum absolute atomic E-state index is 12.1. The van der Waals surface area contributed by atoms with Crippen LogP contribution in [-0.4, -0.2) is 39.3 Å². The number of rotatable bonds is 6. The lowest BCUT2D eigenvalue weighted by Crippen LogP contribution is -2.23. The second-order valence-electron chi connectivity index (χ2n) is 5.42. The lowest BCUT2D eigenvalue weighted by Gasteiger charge is -2.13. The van der Waals surface area contributed by atoms with Crippen LogP contribution in [0.1, 0.15) is 5.56 Å². The van der Waals surface area contributed by atoms with Crippen molar-refractivity contribution in [2.24, 2.45) is 0 Å². The maximum Gasteiger partial charge on any atom is 0.262 e. The lowest BCUT2D eigenvalue weighted by molar-refractivity contribution is -0.118. The summed E-state index contributed by atoms with van der Waals surface area (Å²) in [5, 5.41) is 2.64.